The van der Waals surface area contributed by atoms with Crippen molar-refractivity contribution in [3.05, 3.63) is 53.8 Å². The quantitative estimate of drug-likeness (QED) is 0.923. The normalized spacial score (nSPS) is 17.0. The van der Waals surface area contributed by atoms with Crippen LogP contribution in [-0.2, 0) is 0 Å². The average Bonchev–Trinajstić information content (AvgIpc) is 2.49. The van der Waals surface area contributed by atoms with E-state index in [9.17, 15) is 4.39 Å². The van der Waals surface area contributed by atoms with E-state index in [0.29, 0.717) is 6.61 Å². The molecule has 2 aromatic carbocycles. The Morgan fingerprint density at radius 2 is 2.10 bits per heavy atom. The maximum Gasteiger partial charge on any atom is 0.165 e. The largest absolute Gasteiger partial charge is 0.494 e. The molecule has 104 valence electrons. The predicted octanol–water partition coefficient (Wildman–Crippen LogP) is 3.77. The molecule has 0 saturated carbocycles. The smallest absolute Gasteiger partial charge is 0.165 e. The Labute approximate surface area is 117 Å². The van der Waals surface area contributed by atoms with Gasteiger partial charge in [0.05, 0.1) is 19.8 Å². The lowest BCUT2D eigenvalue weighted by atomic mass is 10.0. The minimum absolute atomic E-state index is 0.162. The maximum absolute atomic E-state index is 13.4. The fraction of sp³-hybridized carbons (Fsp3) is 0.250. The molecule has 2 aromatic rings. The number of rotatable bonds is 3. The van der Waals surface area contributed by atoms with Gasteiger partial charge in [-0.15, -0.1) is 0 Å². The van der Waals surface area contributed by atoms with Crippen LogP contribution in [0.5, 0.6) is 11.5 Å². The first-order valence-corrected chi connectivity index (χ1v) is 6.60. The number of ether oxygens (including phenoxy) is 2. The summed E-state index contributed by atoms with van der Waals surface area (Å²) in [5.74, 6) is 0.797. The summed E-state index contributed by atoms with van der Waals surface area (Å²) < 4.78 is 24.1. The molecule has 0 fully saturated rings. The van der Waals surface area contributed by atoms with Gasteiger partial charge in [0.2, 0.25) is 0 Å². The summed E-state index contributed by atoms with van der Waals surface area (Å²) in [6, 6.07) is 12.9. The molecular weight excluding hydrogens is 257 g/mol. The highest BCUT2D eigenvalue weighted by atomic mass is 19.1. The second kappa shape index (κ2) is 5.41. The first kappa shape index (κ1) is 12.8. The van der Waals surface area contributed by atoms with Gasteiger partial charge in [-0.2, -0.15) is 0 Å². The van der Waals surface area contributed by atoms with E-state index in [4.69, 9.17) is 9.47 Å². The van der Waals surface area contributed by atoms with Gasteiger partial charge < -0.3 is 14.8 Å². The number of methoxy groups -OCH3 is 1. The first-order valence-electron chi connectivity index (χ1n) is 6.60. The molecule has 0 bridgehead atoms. The van der Waals surface area contributed by atoms with Crippen molar-refractivity contribution >= 4 is 5.69 Å². The summed E-state index contributed by atoms with van der Waals surface area (Å²) in [6.45, 7) is 0.674. The van der Waals surface area contributed by atoms with Gasteiger partial charge in [-0.1, -0.05) is 18.2 Å². The van der Waals surface area contributed by atoms with Crippen LogP contribution in [0.1, 0.15) is 18.0 Å². The molecule has 1 atom stereocenters. The van der Waals surface area contributed by atoms with E-state index in [-0.39, 0.29) is 17.6 Å². The lowest BCUT2D eigenvalue weighted by molar-refractivity contribution is 0.274. The van der Waals surface area contributed by atoms with E-state index >= 15 is 0 Å². The molecule has 3 nitrogen and oxygen atoms in total. The molecule has 1 aliphatic heterocycles. The lowest BCUT2D eigenvalue weighted by Gasteiger charge is -2.27. The molecule has 4 heteroatoms. The highest BCUT2D eigenvalue weighted by Gasteiger charge is 2.21. The molecule has 0 amide bonds. The maximum atomic E-state index is 13.4. The SMILES string of the molecule is COc1cc(NC2CCOc3ccccc32)ccc1F. The number of nitrogens with one attached hydrogen (secondary N) is 1. The van der Waals surface area contributed by atoms with E-state index in [2.05, 4.69) is 5.32 Å². The molecule has 0 spiro atoms. The summed E-state index contributed by atoms with van der Waals surface area (Å²) in [5, 5.41) is 3.41. The first-order chi connectivity index (χ1) is 9.78. The third-order valence-corrected chi connectivity index (χ3v) is 3.45. The summed E-state index contributed by atoms with van der Waals surface area (Å²) in [7, 11) is 1.46. The minimum atomic E-state index is -0.356. The van der Waals surface area contributed by atoms with Crippen LogP contribution in [-0.4, -0.2) is 13.7 Å². The van der Waals surface area contributed by atoms with Crippen molar-refractivity contribution in [2.24, 2.45) is 0 Å². The molecule has 0 aromatic heterocycles. The standard InChI is InChI=1S/C16H16FNO2/c1-19-16-10-11(6-7-13(16)17)18-14-8-9-20-15-5-3-2-4-12(14)15/h2-7,10,14,18H,8-9H2,1H3. The summed E-state index contributed by atoms with van der Waals surface area (Å²) in [5.41, 5.74) is 1.96. The van der Waals surface area contributed by atoms with Crippen LogP contribution in [0.25, 0.3) is 0 Å². The Kier molecular flexibility index (Phi) is 3.46. The van der Waals surface area contributed by atoms with Crippen molar-refractivity contribution in [3.8, 4) is 11.5 Å². The van der Waals surface area contributed by atoms with Crippen molar-refractivity contribution in [1.82, 2.24) is 0 Å². The molecule has 20 heavy (non-hydrogen) atoms. The Balaban J connectivity index is 1.85. The van der Waals surface area contributed by atoms with Gasteiger partial charge in [0.15, 0.2) is 11.6 Å². The molecule has 0 saturated heterocycles. The molecule has 1 unspecified atom stereocenters. The van der Waals surface area contributed by atoms with Crippen LogP contribution in [0, 0.1) is 5.82 Å². The van der Waals surface area contributed by atoms with Gasteiger partial charge in [-0.25, -0.2) is 4.39 Å². The van der Waals surface area contributed by atoms with Gasteiger partial charge in [0.25, 0.3) is 0 Å². The van der Waals surface area contributed by atoms with E-state index < -0.39 is 0 Å². The van der Waals surface area contributed by atoms with Crippen LogP contribution in [0.2, 0.25) is 0 Å². The lowest BCUT2D eigenvalue weighted by Crippen LogP contribution is -2.20. The Morgan fingerprint density at radius 3 is 2.95 bits per heavy atom. The van der Waals surface area contributed by atoms with Gasteiger partial charge in [-0.3, -0.25) is 0 Å². The fourth-order valence-corrected chi connectivity index (χ4v) is 2.44. The number of hydrogen-bond acceptors (Lipinski definition) is 3. The van der Waals surface area contributed by atoms with E-state index in [1.165, 1.54) is 13.2 Å². The topological polar surface area (TPSA) is 30.5 Å². The number of benzene rings is 2. The van der Waals surface area contributed by atoms with Gasteiger partial charge >= 0.3 is 0 Å². The third-order valence-electron chi connectivity index (χ3n) is 3.45. The number of para-hydroxylation sites is 1. The van der Waals surface area contributed by atoms with Crippen molar-refractivity contribution in [2.75, 3.05) is 19.0 Å². The highest BCUT2D eigenvalue weighted by Crippen LogP contribution is 2.34. The van der Waals surface area contributed by atoms with Gasteiger partial charge in [-0.05, 0) is 18.2 Å². The van der Waals surface area contributed by atoms with Crippen molar-refractivity contribution in [2.45, 2.75) is 12.5 Å². The van der Waals surface area contributed by atoms with Crippen LogP contribution >= 0.6 is 0 Å². The molecule has 1 N–H and O–H groups in total. The second-order valence-corrected chi connectivity index (χ2v) is 4.72. The monoisotopic (exact) mass is 273 g/mol. The fourth-order valence-electron chi connectivity index (χ4n) is 2.44. The molecule has 1 heterocycles. The Morgan fingerprint density at radius 1 is 1.25 bits per heavy atom. The number of fused-ring (bicyclic) bond motifs is 1. The highest BCUT2D eigenvalue weighted by molar-refractivity contribution is 5.52. The van der Waals surface area contributed by atoms with Crippen LogP contribution < -0.4 is 14.8 Å². The molecule has 0 aliphatic carbocycles. The third kappa shape index (κ3) is 2.41. The number of hydrogen-bond donors (Lipinski definition) is 1. The Bertz CT molecular complexity index is 615. The zero-order chi connectivity index (χ0) is 13.9. The van der Waals surface area contributed by atoms with E-state index in [0.717, 1.165) is 23.4 Å². The van der Waals surface area contributed by atoms with Gasteiger partial charge in [0.1, 0.15) is 5.75 Å². The molecule has 0 radical (unpaired) electrons. The van der Waals surface area contributed by atoms with E-state index in [1.807, 2.05) is 24.3 Å². The average molecular weight is 273 g/mol. The van der Waals surface area contributed by atoms with Crippen LogP contribution in [0.15, 0.2) is 42.5 Å². The zero-order valence-corrected chi connectivity index (χ0v) is 11.2. The van der Waals surface area contributed by atoms with E-state index in [1.54, 1.807) is 12.1 Å². The van der Waals surface area contributed by atoms with Crippen LogP contribution in [0.4, 0.5) is 10.1 Å². The molecule has 3 rings (SSSR count). The van der Waals surface area contributed by atoms with Gasteiger partial charge in [0, 0.05) is 23.7 Å². The molecular formula is C16H16FNO2. The zero-order valence-electron chi connectivity index (χ0n) is 11.2. The van der Waals surface area contributed by atoms with Crippen molar-refractivity contribution in [1.29, 1.82) is 0 Å². The van der Waals surface area contributed by atoms with Crippen LogP contribution in [0.3, 0.4) is 0 Å². The van der Waals surface area contributed by atoms with Crippen molar-refractivity contribution < 1.29 is 13.9 Å². The predicted molar refractivity (Wildman–Crippen MR) is 75.9 cm³/mol. The number of halogens is 1. The summed E-state index contributed by atoms with van der Waals surface area (Å²) >= 11 is 0. The minimum Gasteiger partial charge on any atom is -0.494 e. The Hall–Kier alpha value is -2.23. The molecule has 1 aliphatic rings. The number of anilines is 1. The summed E-state index contributed by atoms with van der Waals surface area (Å²) in [4.78, 5) is 0. The summed E-state index contributed by atoms with van der Waals surface area (Å²) in [6.07, 6.45) is 0.872. The van der Waals surface area contributed by atoms with Crippen molar-refractivity contribution in [3.63, 3.8) is 0 Å². The second-order valence-electron chi connectivity index (χ2n) is 4.72.